The SMILES string of the molecule is C[C@H](NC[C@@H](O)CN1C[C@H]2CCCC[C@H]2C[C@H]1C(=O)CN)c1ccc(Cl)cc1. The van der Waals surface area contributed by atoms with Crippen LogP contribution in [0.1, 0.15) is 50.6 Å². The zero-order valence-corrected chi connectivity index (χ0v) is 17.6. The number of nitrogens with two attached hydrogens (primary N) is 1. The molecule has 1 aliphatic carbocycles. The number of carbonyl (C=O) groups is 1. The molecule has 0 amide bonds. The average Bonchev–Trinajstić information content (AvgIpc) is 2.71. The fraction of sp³-hybridized carbons (Fsp3) is 0.682. The van der Waals surface area contributed by atoms with Crippen LogP contribution in [0.2, 0.25) is 5.02 Å². The zero-order chi connectivity index (χ0) is 20.1. The van der Waals surface area contributed by atoms with Crippen molar-refractivity contribution in [1.29, 1.82) is 0 Å². The highest BCUT2D eigenvalue weighted by Crippen LogP contribution is 2.38. The molecule has 1 aromatic carbocycles. The van der Waals surface area contributed by atoms with Gasteiger partial charge in [0.05, 0.1) is 18.7 Å². The average molecular weight is 408 g/mol. The van der Waals surface area contributed by atoms with Crippen molar-refractivity contribution in [3.05, 3.63) is 34.9 Å². The summed E-state index contributed by atoms with van der Waals surface area (Å²) in [5, 5.41) is 14.8. The standard InChI is InChI=1S/C22H34ClN3O2/c1-15(16-6-8-19(23)9-7-16)25-12-20(27)14-26-13-18-5-3-2-4-17(18)10-21(26)22(28)11-24/h6-9,15,17-18,20-21,25,27H,2-5,10-14,24H2,1H3/t15-,17-,18+,20+,21-/m0/s1. The third kappa shape index (κ3) is 5.55. The molecule has 6 heteroatoms. The molecule has 2 fully saturated rings. The van der Waals surface area contributed by atoms with Crippen LogP contribution in [0.4, 0.5) is 0 Å². The van der Waals surface area contributed by atoms with Crippen molar-refractivity contribution in [1.82, 2.24) is 10.2 Å². The number of Topliss-reactive ketones (excluding diaryl/α,β-unsaturated/α-hetero) is 1. The van der Waals surface area contributed by atoms with Gasteiger partial charge in [0, 0.05) is 30.7 Å². The summed E-state index contributed by atoms with van der Waals surface area (Å²) in [6.07, 6.45) is 5.42. The first kappa shape index (κ1) is 21.7. The van der Waals surface area contributed by atoms with Crippen LogP contribution in [0.5, 0.6) is 0 Å². The molecule has 0 radical (unpaired) electrons. The Labute approximate surface area is 173 Å². The van der Waals surface area contributed by atoms with Crippen molar-refractivity contribution < 1.29 is 9.90 Å². The van der Waals surface area contributed by atoms with Gasteiger partial charge >= 0.3 is 0 Å². The number of halogens is 1. The fourth-order valence-electron chi connectivity index (χ4n) is 4.89. The first-order valence-electron chi connectivity index (χ1n) is 10.6. The number of aliphatic hydroxyl groups is 1. The Bertz CT molecular complexity index is 639. The predicted octanol–water partition coefficient (Wildman–Crippen LogP) is 2.76. The minimum atomic E-state index is -0.525. The van der Waals surface area contributed by atoms with E-state index < -0.39 is 6.10 Å². The minimum Gasteiger partial charge on any atom is -0.390 e. The summed E-state index contributed by atoms with van der Waals surface area (Å²) in [7, 11) is 0. The van der Waals surface area contributed by atoms with Crippen LogP contribution in [0, 0.1) is 11.8 Å². The first-order valence-corrected chi connectivity index (χ1v) is 11.0. The number of piperidine rings is 1. The summed E-state index contributed by atoms with van der Waals surface area (Å²) in [6, 6.07) is 7.74. The Hall–Kier alpha value is -0.980. The number of hydrogen-bond acceptors (Lipinski definition) is 5. The van der Waals surface area contributed by atoms with E-state index in [1.807, 2.05) is 24.3 Å². The third-order valence-electron chi connectivity index (χ3n) is 6.55. The van der Waals surface area contributed by atoms with Crippen molar-refractivity contribution in [2.75, 3.05) is 26.2 Å². The molecule has 156 valence electrons. The highest BCUT2D eigenvalue weighted by atomic mass is 35.5. The maximum absolute atomic E-state index is 12.4. The van der Waals surface area contributed by atoms with Crippen LogP contribution in [0.15, 0.2) is 24.3 Å². The number of rotatable bonds is 8. The van der Waals surface area contributed by atoms with Crippen LogP contribution in [0.3, 0.4) is 0 Å². The Morgan fingerprint density at radius 3 is 2.64 bits per heavy atom. The number of fused-ring (bicyclic) bond motifs is 1. The lowest BCUT2D eigenvalue weighted by Gasteiger charge is -2.46. The molecule has 4 N–H and O–H groups in total. The van der Waals surface area contributed by atoms with Crippen molar-refractivity contribution in [2.24, 2.45) is 17.6 Å². The van der Waals surface area contributed by atoms with Gasteiger partial charge in [0.15, 0.2) is 5.78 Å². The van der Waals surface area contributed by atoms with Crippen molar-refractivity contribution in [3.8, 4) is 0 Å². The van der Waals surface area contributed by atoms with Gasteiger partial charge in [-0.25, -0.2) is 0 Å². The van der Waals surface area contributed by atoms with Crippen LogP contribution in [-0.4, -0.2) is 54.1 Å². The van der Waals surface area contributed by atoms with E-state index in [0.717, 1.165) is 23.6 Å². The van der Waals surface area contributed by atoms with Gasteiger partial charge in [-0.1, -0.05) is 43.0 Å². The van der Waals surface area contributed by atoms with Gasteiger partial charge in [0.1, 0.15) is 0 Å². The van der Waals surface area contributed by atoms with Crippen LogP contribution < -0.4 is 11.1 Å². The van der Waals surface area contributed by atoms with E-state index in [2.05, 4.69) is 17.1 Å². The topological polar surface area (TPSA) is 78.6 Å². The van der Waals surface area contributed by atoms with Gasteiger partial charge in [0.2, 0.25) is 0 Å². The summed E-state index contributed by atoms with van der Waals surface area (Å²) < 4.78 is 0. The molecule has 5 atom stereocenters. The molecule has 3 rings (SSSR count). The second-order valence-electron chi connectivity index (χ2n) is 8.52. The molecule has 0 aromatic heterocycles. The lowest BCUT2D eigenvalue weighted by atomic mass is 9.72. The smallest absolute Gasteiger partial charge is 0.163 e. The summed E-state index contributed by atoms with van der Waals surface area (Å²) >= 11 is 5.95. The summed E-state index contributed by atoms with van der Waals surface area (Å²) in [5.74, 6) is 1.41. The number of aliphatic hydroxyl groups excluding tert-OH is 1. The second kappa shape index (κ2) is 10.2. The van der Waals surface area contributed by atoms with Crippen molar-refractivity contribution in [2.45, 2.75) is 57.2 Å². The van der Waals surface area contributed by atoms with Gasteiger partial charge in [-0.05, 0) is 49.3 Å². The van der Waals surface area contributed by atoms with E-state index >= 15 is 0 Å². The minimum absolute atomic E-state index is 0.0838. The highest BCUT2D eigenvalue weighted by molar-refractivity contribution is 6.30. The van der Waals surface area contributed by atoms with E-state index in [1.165, 1.54) is 25.7 Å². The molecule has 2 aliphatic rings. The second-order valence-corrected chi connectivity index (χ2v) is 8.95. The number of β-amino-alcohol motifs (C(OH)–C–C–N with tert-alkyl or cyclic N) is 1. The van der Waals surface area contributed by atoms with Crippen LogP contribution in [-0.2, 0) is 4.79 Å². The van der Waals surface area contributed by atoms with Gasteiger partial charge in [-0.15, -0.1) is 0 Å². The molecule has 1 aromatic rings. The van der Waals surface area contributed by atoms with Crippen LogP contribution in [0.25, 0.3) is 0 Å². The van der Waals surface area contributed by atoms with Crippen molar-refractivity contribution in [3.63, 3.8) is 0 Å². The Morgan fingerprint density at radius 2 is 1.96 bits per heavy atom. The molecule has 0 bridgehead atoms. The Morgan fingerprint density at radius 1 is 1.29 bits per heavy atom. The highest BCUT2D eigenvalue weighted by Gasteiger charge is 2.39. The molecular formula is C22H34ClN3O2. The molecule has 28 heavy (non-hydrogen) atoms. The number of nitrogens with one attached hydrogen (secondary N) is 1. The van der Waals surface area contributed by atoms with Gasteiger partial charge < -0.3 is 16.2 Å². The van der Waals surface area contributed by atoms with Gasteiger partial charge in [0.25, 0.3) is 0 Å². The lowest BCUT2D eigenvalue weighted by Crippen LogP contribution is -2.55. The third-order valence-corrected chi connectivity index (χ3v) is 6.80. The summed E-state index contributed by atoms with van der Waals surface area (Å²) in [5.41, 5.74) is 6.81. The van der Waals surface area contributed by atoms with Gasteiger partial charge in [-0.2, -0.15) is 0 Å². The Kier molecular flexibility index (Phi) is 7.89. The lowest BCUT2D eigenvalue weighted by molar-refractivity contribution is -0.127. The number of nitrogens with zero attached hydrogens (tertiary/aromatic N) is 1. The number of carbonyl (C=O) groups excluding carboxylic acids is 1. The quantitative estimate of drug-likeness (QED) is 0.617. The first-order chi connectivity index (χ1) is 13.5. The molecule has 1 aliphatic heterocycles. The van der Waals surface area contributed by atoms with Crippen LogP contribution >= 0.6 is 11.6 Å². The van der Waals surface area contributed by atoms with Crippen molar-refractivity contribution >= 4 is 17.4 Å². The fourth-order valence-corrected chi connectivity index (χ4v) is 5.02. The molecule has 1 heterocycles. The molecule has 0 spiro atoms. The largest absolute Gasteiger partial charge is 0.390 e. The summed E-state index contributed by atoms with van der Waals surface area (Å²) in [6.45, 7) is 4.06. The number of ketones is 1. The number of benzene rings is 1. The molecule has 5 nitrogen and oxygen atoms in total. The molecule has 0 unspecified atom stereocenters. The van der Waals surface area contributed by atoms with E-state index in [4.69, 9.17) is 17.3 Å². The maximum Gasteiger partial charge on any atom is 0.163 e. The van der Waals surface area contributed by atoms with E-state index in [0.29, 0.717) is 24.9 Å². The van der Waals surface area contributed by atoms with E-state index in [9.17, 15) is 9.90 Å². The van der Waals surface area contributed by atoms with E-state index in [1.54, 1.807) is 0 Å². The molecule has 1 saturated heterocycles. The predicted molar refractivity (Wildman–Crippen MR) is 113 cm³/mol. The number of hydrogen-bond donors (Lipinski definition) is 3. The number of likely N-dealkylation sites (tertiary alicyclic amines) is 1. The Balaban J connectivity index is 1.55. The maximum atomic E-state index is 12.4. The monoisotopic (exact) mass is 407 g/mol. The summed E-state index contributed by atoms with van der Waals surface area (Å²) in [4.78, 5) is 14.6. The van der Waals surface area contributed by atoms with Gasteiger partial charge in [-0.3, -0.25) is 9.69 Å². The van der Waals surface area contributed by atoms with E-state index in [-0.39, 0.29) is 24.4 Å². The molecular weight excluding hydrogens is 374 g/mol. The zero-order valence-electron chi connectivity index (χ0n) is 16.8. The normalized spacial score (nSPS) is 27.8. The molecule has 1 saturated carbocycles.